The highest BCUT2D eigenvalue weighted by Gasteiger charge is 2.15. The Morgan fingerprint density at radius 1 is 1.32 bits per heavy atom. The van der Waals surface area contributed by atoms with Gasteiger partial charge in [-0.25, -0.2) is 9.97 Å². The summed E-state index contributed by atoms with van der Waals surface area (Å²) >= 11 is 6.51. The van der Waals surface area contributed by atoms with Gasteiger partial charge in [0.1, 0.15) is 9.21 Å². The lowest BCUT2D eigenvalue weighted by Crippen LogP contribution is -2.16. The van der Waals surface area contributed by atoms with Gasteiger partial charge in [-0.1, -0.05) is 32.1 Å². The fourth-order valence-corrected chi connectivity index (χ4v) is 3.35. The van der Waals surface area contributed by atoms with Crippen molar-refractivity contribution in [2.45, 2.75) is 44.9 Å². The Kier molecular flexibility index (Phi) is 5.76. The molecule has 0 spiro atoms. The van der Waals surface area contributed by atoms with E-state index >= 15 is 0 Å². The van der Waals surface area contributed by atoms with Gasteiger partial charge in [-0.15, -0.1) is 0 Å². The molecule has 4 nitrogen and oxygen atoms in total. The summed E-state index contributed by atoms with van der Waals surface area (Å²) in [7, 11) is 0. The van der Waals surface area contributed by atoms with Crippen LogP contribution in [0.25, 0.3) is 0 Å². The standard InChI is InChI=1S/C13H17Br2N3O/c14-10-8-16-13(12(15)17-10)18-11(19)7-6-9-4-2-1-3-5-9/h8-9H,1-7H2,(H,16,18,19). The van der Waals surface area contributed by atoms with E-state index in [9.17, 15) is 4.79 Å². The minimum absolute atomic E-state index is 0.0166. The van der Waals surface area contributed by atoms with Gasteiger partial charge in [0.15, 0.2) is 5.82 Å². The number of anilines is 1. The van der Waals surface area contributed by atoms with Crippen LogP contribution in [0, 0.1) is 5.92 Å². The highest BCUT2D eigenvalue weighted by molar-refractivity contribution is 9.11. The van der Waals surface area contributed by atoms with E-state index in [1.165, 1.54) is 32.1 Å². The molecule has 0 atom stereocenters. The molecule has 1 aromatic rings. The first-order valence-electron chi connectivity index (χ1n) is 6.63. The molecule has 1 aliphatic rings. The third kappa shape index (κ3) is 4.84. The van der Waals surface area contributed by atoms with Gasteiger partial charge in [-0.3, -0.25) is 4.79 Å². The van der Waals surface area contributed by atoms with E-state index in [-0.39, 0.29) is 5.91 Å². The summed E-state index contributed by atoms with van der Waals surface area (Å²) < 4.78 is 1.19. The molecule has 0 radical (unpaired) electrons. The van der Waals surface area contributed by atoms with Crippen LogP contribution in [-0.4, -0.2) is 15.9 Å². The molecule has 0 aromatic carbocycles. The summed E-state index contributed by atoms with van der Waals surface area (Å²) in [6, 6.07) is 0. The van der Waals surface area contributed by atoms with Crippen LogP contribution in [-0.2, 0) is 4.79 Å². The summed E-state index contributed by atoms with van der Waals surface area (Å²) in [4.78, 5) is 20.1. The molecular formula is C13H17Br2N3O. The van der Waals surface area contributed by atoms with Crippen molar-refractivity contribution in [2.75, 3.05) is 5.32 Å². The average molecular weight is 391 g/mol. The van der Waals surface area contributed by atoms with Crippen LogP contribution in [0.1, 0.15) is 44.9 Å². The van der Waals surface area contributed by atoms with Gasteiger partial charge in [0.2, 0.25) is 5.91 Å². The molecular weight excluding hydrogens is 374 g/mol. The number of carbonyl (C=O) groups is 1. The Bertz CT molecular complexity index is 448. The second kappa shape index (κ2) is 7.33. The molecule has 2 rings (SSSR count). The van der Waals surface area contributed by atoms with Gasteiger partial charge in [-0.05, 0) is 44.2 Å². The number of amides is 1. The predicted molar refractivity (Wildman–Crippen MR) is 81.9 cm³/mol. The van der Waals surface area contributed by atoms with Crippen LogP contribution in [0.5, 0.6) is 0 Å². The minimum atomic E-state index is 0.0166. The maximum atomic E-state index is 11.9. The van der Waals surface area contributed by atoms with Crippen molar-refractivity contribution in [1.82, 2.24) is 9.97 Å². The average Bonchev–Trinajstić information content (AvgIpc) is 2.41. The van der Waals surface area contributed by atoms with Crippen molar-refractivity contribution < 1.29 is 4.79 Å². The van der Waals surface area contributed by atoms with Crippen molar-refractivity contribution in [1.29, 1.82) is 0 Å². The number of rotatable bonds is 4. The molecule has 1 amide bonds. The monoisotopic (exact) mass is 389 g/mol. The SMILES string of the molecule is O=C(CCC1CCCCC1)Nc1ncc(Br)nc1Br. The van der Waals surface area contributed by atoms with E-state index in [1.54, 1.807) is 6.20 Å². The fraction of sp³-hybridized carbons (Fsp3) is 0.615. The number of nitrogens with zero attached hydrogens (tertiary/aromatic N) is 2. The quantitative estimate of drug-likeness (QED) is 0.833. The largest absolute Gasteiger partial charge is 0.308 e. The number of halogens is 2. The van der Waals surface area contributed by atoms with Gasteiger partial charge in [-0.2, -0.15) is 0 Å². The number of aromatic nitrogens is 2. The first kappa shape index (κ1) is 14.9. The zero-order chi connectivity index (χ0) is 13.7. The normalized spacial score (nSPS) is 16.3. The lowest BCUT2D eigenvalue weighted by Gasteiger charge is -2.20. The molecule has 104 valence electrons. The van der Waals surface area contributed by atoms with Crippen molar-refractivity contribution in [3.63, 3.8) is 0 Å². The van der Waals surface area contributed by atoms with Crippen LogP contribution in [0.15, 0.2) is 15.4 Å². The van der Waals surface area contributed by atoms with Crippen LogP contribution in [0.4, 0.5) is 5.82 Å². The van der Waals surface area contributed by atoms with Gasteiger partial charge < -0.3 is 5.32 Å². The molecule has 1 heterocycles. The summed E-state index contributed by atoms with van der Waals surface area (Å²) in [6.07, 6.45) is 9.64. The van der Waals surface area contributed by atoms with E-state index in [2.05, 4.69) is 47.1 Å². The van der Waals surface area contributed by atoms with Crippen molar-refractivity contribution in [3.8, 4) is 0 Å². The summed E-state index contributed by atoms with van der Waals surface area (Å²) in [5.41, 5.74) is 0. The summed E-state index contributed by atoms with van der Waals surface area (Å²) in [6.45, 7) is 0. The molecule has 19 heavy (non-hydrogen) atoms. The number of nitrogens with one attached hydrogen (secondary N) is 1. The Hall–Kier alpha value is -0.490. The second-order valence-corrected chi connectivity index (χ2v) is 6.49. The van der Waals surface area contributed by atoms with Crippen LogP contribution < -0.4 is 5.32 Å². The molecule has 0 saturated heterocycles. The number of hydrogen-bond donors (Lipinski definition) is 1. The molecule has 0 unspecified atom stereocenters. The van der Waals surface area contributed by atoms with E-state index in [1.807, 2.05) is 0 Å². The van der Waals surface area contributed by atoms with E-state index in [0.29, 0.717) is 21.4 Å². The van der Waals surface area contributed by atoms with Crippen molar-refractivity contribution in [2.24, 2.45) is 5.92 Å². The summed E-state index contributed by atoms with van der Waals surface area (Å²) in [5, 5.41) is 2.80. The maximum Gasteiger partial charge on any atom is 0.225 e. The molecule has 1 aliphatic carbocycles. The predicted octanol–water partition coefficient (Wildman–Crippen LogP) is 4.30. The van der Waals surface area contributed by atoms with Crippen molar-refractivity contribution >= 4 is 43.6 Å². The highest BCUT2D eigenvalue weighted by Crippen LogP contribution is 2.27. The topological polar surface area (TPSA) is 54.9 Å². The Labute approximate surface area is 130 Å². The maximum absolute atomic E-state index is 11.9. The zero-order valence-corrected chi connectivity index (χ0v) is 13.8. The molecule has 6 heteroatoms. The summed E-state index contributed by atoms with van der Waals surface area (Å²) in [5.74, 6) is 1.22. The number of hydrogen-bond acceptors (Lipinski definition) is 3. The minimum Gasteiger partial charge on any atom is -0.308 e. The van der Waals surface area contributed by atoms with Gasteiger partial charge in [0.05, 0.1) is 6.20 Å². The highest BCUT2D eigenvalue weighted by atomic mass is 79.9. The first-order chi connectivity index (χ1) is 9.15. The lowest BCUT2D eigenvalue weighted by atomic mass is 9.86. The molecule has 0 aliphatic heterocycles. The van der Waals surface area contributed by atoms with Gasteiger partial charge in [0, 0.05) is 6.42 Å². The second-order valence-electron chi connectivity index (χ2n) is 4.92. The first-order valence-corrected chi connectivity index (χ1v) is 8.21. The van der Waals surface area contributed by atoms with Gasteiger partial charge in [0.25, 0.3) is 0 Å². The van der Waals surface area contributed by atoms with E-state index in [0.717, 1.165) is 12.3 Å². The molecule has 1 fully saturated rings. The van der Waals surface area contributed by atoms with Crippen molar-refractivity contribution in [3.05, 3.63) is 15.4 Å². The smallest absolute Gasteiger partial charge is 0.225 e. The molecule has 1 aromatic heterocycles. The third-order valence-electron chi connectivity index (χ3n) is 3.46. The Morgan fingerprint density at radius 3 is 2.74 bits per heavy atom. The third-order valence-corrected chi connectivity index (χ3v) is 4.40. The number of carbonyl (C=O) groups excluding carboxylic acids is 1. The molecule has 1 N–H and O–H groups in total. The van der Waals surface area contributed by atoms with E-state index in [4.69, 9.17) is 0 Å². The molecule has 1 saturated carbocycles. The van der Waals surface area contributed by atoms with Crippen LogP contribution >= 0.6 is 31.9 Å². The van der Waals surface area contributed by atoms with Crippen LogP contribution in [0.3, 0.4) is 0 Å². The Morgan fingerprint density at radius 2 is 2.05 bits per heavy atom. The van der Waals surface area contributed by atoms with Gasteiger partial charge >= 0.3 is 0 Å². The Balaban J connectivity index is 1.80. The molecule has 0 bridgehead atoms. The van der Waals surface area contributed by atoms with E-state index < -0.39 is 0 Å². The fourth-order valence-electron chi connectivity index (χ4n) is 2.44. The van der Waals surface area contributed by atoms with Crippen LogP contribution in [0.2, 0.25) is 0 Å². The zero-order valence-electron chi connectivity index (χ0n) is 10.7. The lowest BCUT2D eigenvalue weighted by molar-refractivity contribution is -0.116.